The van der Waals surface area contributed by atoms with Gasteiger partial charge in [-0.15, -0.1) is 0 Å². The molecular formula is C33H54Cl2FN7O. The molecule has 0 spiro atoms. The molecule has 11 heteroatoms. The summed E-state index contributed by atoms with van der Waals surface area (Å²) in [6, 6.07) is 0.910. The Morgan fingerprint density at radius 2 is 1.70 bits per heavy atom. The summed E-state index contributed by atoms with van der Waals surface area (Å²) in [6.45, 7) is 28.9. The number of likely N-dealkylation sites (tertiary alicyclic amines) is 1. The van der Waals surface area contributed by atoms with E-state index in [9.17, 15) is 9.18 Å². The Hall–Kier alpha value is -2.17. The van der Waals surface area contributed by atoms with Gasteiger partial charge in [-0.25, -0.2) is 19.4 Å². The number of hydrogen-bond acceptors (Lipinski definition) is 7. The zero-order valence-corrected chi connectivity index (χ0v) is 29.7. The number of aliphatic imine (C=N–C) groups is 2. The maximum Gasteiger partial charge on any atom is 0.281 e. The Bertz CT molecular complexity index is 1220. The van der Waals surface area contributed by atoms with Gasteiger partial charge in [-0.2, -0.15) is 0 Å². The second-order valence-electron chi connectivity index (χ2n) is 10.4. The summed E-state index contributed by atoms with van der Waals surface area (Å²) in [5.41, 5.74) is 0.557. The van der Waals surface area contributed by atoms with Gasteiger partial charge in [-0.05, 0) is 71.5 Å². The third-order valence-electron chi connectivity index (χ3n) is 7.81. The van der Waals surface area contributed by atoms with Crippen LogP contribution in [0.2, 0.25) is 0 Å². The van der Waals surface area contributed by atoms with Gasteiger partial charge in [0, 0.05) is 49.8 Å². The number of halogens is 3. The molecule has 44 heavy (non-hydrogen) atoms. The molecular weight excluding hydrogens is 600 g/mol. The normalized spacial score (nSPS) is 19.8. The number of nitrogens with zero attached hydrogens (tertiary/aromatic N) is 7. The molecule has 2 aliphatic rings. The van der Waals surface area contributed by atoms with Crippen molar-refractivity contribution >= 4 is 46.6 Å². The number of hydrogen-bond donors (Lipinski definition) is 0. The molecule has 8 nitrogen and oxygen atoms in total. The van der Waals surface area contributed by atoms with E-state index >= 15 is 0 Å². The highest BCUT2D eigenvalue weighted by molar-refractivity contribution is 6.66. The molecule has 0 aromatic carbocycles. The second kappa shape index (κ2) is 20.8. The van der Waals surface area contributed by atoms with Crippen LogP contribution in [-0.4, -0.2) is 94.0 Å². The molecule has 1 unspecified atom stereocenters. The molecule has 2 fully saturated rings. The van der Waals surface area contributed by atoms with Crippen molar-refractivity contribution in [2.75, 3.05) is 45.8 Å². The fourth-order valence-corrected chi connectivity index (χ4v) is 5.95. The first-order valence-corrected chi connectivity index (χ1v) is 16.7. The summed E-state index contributed by atoms with van der Waals surface area (Å²) in [7, 11) is 0. The molecule has 0 amide bonds. The molecule has 3 rings (SSSR count). The number of piperazine rings is 1. The first kappa shape index (κ1) is 39.9. The van der Waals surface area contributed by atoms with Crippen molar-refractivity contribution in [2.24, 2.45) is 9.98 Å². The first-order valence-electron chi connectivity index (χ1n) is 16.0. The predicted octanol–water partition coefficient (Wildman–Crippen LogP) is 7.64. The van der Waals surface area contributed by atoms with E-state index in [1.807, 2.05) is 41.5 Å². The summed E-state index contributed by atoms with van der Waals surface area (Å²) in [4.78, 5) is 32.9. The monoisotopic (exact) mass is 653 g/mol. The van der Waals surface area contributed by atoms with Crippen LogP contribution in [0.5, 0.6) is 0 Å². The van der Waals surface area contributed by atoms with Gasteiger partial charge in [0.15, 0.2) is 11.5 Å². The highest BCUT2D eigenvalue weighted by Gasteiger charge is 2.33. The zero-order chi connectivity index (χ0) is 33.4. The average Bonchev–Trinajstić information content (AvgIpc) is 3.04. The summed E-state index contributed by atoms with van der Waals surface area (Å²) in [5.74, 6) is 0.489. The van der Waals surface area contributed by atoms with Crippen molar-refractivity contribution in [3.8, 4) is 0 Å². The minimum absolute atomic E-state index is 0.134. The quantitative estimate of drug-likeness (QED) is 0.181. The van der Waals surface area contributed by atoms with Crippen LogP contribution in [0.1, 0.15) is 73.6 Å². The predicted molar refractivity (Wildman–Crippen MR) is 188 cm³/mol. The van der Waals surface area contributed by atoms with Gasteiger partial charge in [0.05, 0.1) is 6.54 Å². The highest BCUT2D eigenvalue weighted by Crippen LogP contribution is 2.26. The van der Waals surface area contributed by atoms with Crippen LogP contribution in [0.15, 0.2) is 49.9 Å². The third-order valence-corrected chi connectivity index (χ3v) is 8.28. The molecule has 0 bridgehead atoms. The van der Waals surface area contributed by atoms with E-state index in [1.165, 1.54) is 12.2 Å². The molecule has 1 aromatic rings. The molecule has 0 radical (unpaired) electrons. The third kappa shape index (κ3) is 11.3. The van der Waals surface area contributed by atoms with Gasteiger partial charge < -0.3 is 0 Å². The van der Waals surface area contributed by atoms with E-state index in [1.54, 1.807) is 11.5 Å². The molecule has 248 valence electrons. The number of allylic oxidation sites excluding steroid dienone is 4. The molecule has 1 atom stereocenters. The maximum absolute atomic E-state index is 14.4. The van der Waals surface area contributed by atoms with Crippen molar-refractivity contribution in [1.29, 1.82) is 0 Å². The van der Waals surface area contributed by atoms with Crippen LogP contribution >= 0.6 is 23.2 Å². The van der Waals surface area contributed by atoms with E-state index in [0.717, 1.165) is 52.0 Å². The maximum atomic E-state index is 14.4. The molecule has 2 aliphatic heterocycles. The summed E-state index contributed by atoms with van der Waals surface area (Å²) in [6.07, 6.45) is 5.90. The van der Waals surface area contributed by atoms with Crippen molar-refractivity contribution in [1.82, 2.24) is 24.3 Å². The van der Waals surface area contributed by atoms with Gasteiger partial charge in [0.1, 0.15) is 16.8 Å². The van der Waals surface area contributed by atoms with Gasteiger partial charge in [-0.1, -0.05) is 70.5 Å². The smallest absolute Gasteiger partial charge is 0.281 e. The topological polar surface area (TPSA) is 69.3 Å². The Kier molecular flexibility index (Phi) is 18.8. The van der Waals surface area contributed by atoms with Crippen LogP contribution in [0, 0.1) is 6.92 Å². The number of aromatic nitrogens is 2. The summed E-state index contributed by atoms with van der Waals surface area (Å²) >= 11 is 12.5. The fourth-order valence-electron chi connectivity index (χ4n) is 5.60. The molecule has 0 N–H and O–H groups in total. The van der Waals surface area contributed by atoms with E-state index in [0.29, 0.717) is 53.3 Å². The van der Waals surface area contributed by atoms with E-state index in [4.69, 9.17) is 23.2 Å². The highest BCUT2D eigenvalue weighted by atomic mass is 35.5. The van der Waals surface area contributed by atoms with E-state index in [2.05, 4.69) is 49.9 Å². The van der Waals surface area contributed by atoms with Gasteiger partial charge in [-0.3, -0.25) is 24.1 Å². The standard InChI is InChI=1S/C29H42Cl2FN7O.2C2H6/c1-7-22(30)16-25(32)20(4)17-36-12-10-24(11-13-36)39-15-14-37(18-23(39)8-2)19-26(31)35-27-28(33-6)34-21(5)38(9-3)29(27)40;2*1-2/h7,16,23-24H,1,6,8-15,17-19H2,2-5H3;2*1-2H3/b22-16+,25-20-,35-26?;;. The average molecular weight is 655 g/mol. The summed E-state index contributed by atoms with van der Waals surface area (Å²) < 4.78 is 16.0. The lowest BCUT2D eigenvalue weighted by atomic mass is 9.98. The van der Waals surface area contributed by atoms with Crippen LogP contribution in [0.3, 0.4) is 0 Å². The Morgan fingerprint density at radius 3 is 2.25 bits per heavy atom. The largest absolute Gasteiger partial charge is 0.299 e. The SMILES string of the molecule is C=C/C(Cl)=C\C(F)=C(/C)CN1CCC(N2CCN(CC(Cl)=Nc3c(N=C)nc(C)n(CC)c3=O)CC2CC)CC1.CC.CC. The first-order chi connectivity index (χ1) is 21.1. The van der Waals surface area contributed by atoms with Gasteiger partial charge in [0.2, 0.25) is 0 Å². The van der Waals surface area contributed by atoms with Crippen molar-refractivity contribution in [3.05, 3.63) is 51.3 Å². The van der Waals surface area contributed by atoms with Crippen LogP contribution < -0.4 is 5.56 Å². The lowest BCUT2D eigenvalue weighted by Crippen LogP contribution is -2.58. The summed E-state index contributed by atoms with van der Waals surface area (Å²) in [5, 5.41) is 0.644. The van der Waals surface area contributed by atoms with Gasteiger partial charge in [0.25, 0.3) is 5.56 Å². The second-order valence-corrected chi connectivity index (χ2v) is 11.3. The van der Waals surface area contributed by atoms with Crippen LogP contribution in [-0.2, 0) is 6.54 Å². The van der Waals surface area contributed by atoms with Crippen LogP contribution in [0.4, 0.5) is 15.9 Å². The number of piperidine rings is 1. The lowest BCUT2D eigenvalue weighted by Gasteiger charge is -2.47. The van der Waals surface area contributed by atoms with Crippen molar-refractivity contribution in [2.45, 2.75) is 93.3 Å². The Morgan fingerprint density at radius 1 is 1.07 bits per heavy atom. The number of aryl methyl sites for hydroxylation is 1. The van der Waals surface area contributed by atoms with Gasteiger partial charge >= 0.3 is 0 Å². The minimum atomic E-state index is -0.289. The molecule has 0 aliphatic carbocycles. The van der Waals surface area contributed by atoms with E-state index in [-0.39, 0.29) is 22.9 Å². The fraction of sp³-hybridized carbons (Fsp3) is 0.636. The van der Waals surface area contributed by atoms with Crippen LogP contribution in [0.25, 0.3) is 0 Å². The molecule has 3 heterocycles. The Labute approximate surface area is 275 Å². The minimum Gasteiger partial charge on any atom is -0.299 e. The zero-order valence-electron chi connectivity index (χ0n) is 28.2. The van der Waals surface area contributed by atoms with Crippen molar-refractivity contribution < 1.29 is 4.39 Å². The van der Waals surface area contributed by atoms with E-state index < -0.39 is 0 Å². The Balaban J connectivity index is 0.00000232. The molecule has 0 saturated carbocycles. The lowest BCUT2D eigenvalue weighted by molar-refractivity contribution is 0.0197. The molecule has 2 saturated heterocycles. The molecule has 1 aromatic heterocycles. The van der Waals surface area contributed by atoms with Crippen molar-refractivity contribution in [3.63, 3.8) is 0 Å². The number of rotatable bonds is 11.